The van der Waals surface area contributed by atoms with E-state index < -0.39 is 80.5 Å². The summed E-state index contributed by atoms with van der Waals surface area (Å²) in [6, 6.07) is 0. The number of carbonyl (C=O) groups excluding carboxylic acids is 1. The number of nitrogens with zero attached hydrogens (tertiary/aromatic N) is 1. The van der Waals surface area contributed by atoms with Crippen molar-refractivity contribution >= 4 is 16.0 Å². The van der Waals surface area contributed by atoms with Crippen molar-refractivity contribution in [2.24, 2.45) is 0 Å². The summed E-state index contributed by atoms with van der Waals surface area (Å²) in [5.74, 6) is -34.5. The van der Waals surface area contributed by atoms with Crippen LogP contribution in [0.1, 0.15) is 13.8 Å². The average molecular weight is 558 g/mol. The first-order chi connectivity index (χ1) is 14.6. The van der Waals surface area contributed by atoms with Gasteiger partial charge in [-0.2, -0.15) is 65.5 Å². The molecule has 0 aromatic heterocycles. The van der Waals surface area contributed by atoms with Gasteiger partial charge < -0.3 is 4.74 Å². The zero-order valence-electron chi connectivity index (χ0n) is 16.6. The minimum absolute atomic E-state index is 0.316. The van der Waals surface area contributed by atoms with Gasteiger partial charge >= 0.3 is 51.1 Å². The van der Waals surface area contributed by atoms with Crippen molar-refractivity contribution in [2.45, 2.75) is 49.0 Å². The predicted octanol–water partition coefficient (Wildman–Crippen LogP) is 4.85. The second-order valence-electron chi connectivity index (χ2n) is 6.53. The van der Waals surface area contributed by atoms with E-state index in [0.717, 1.165) is 6.92 Å². The summed E-state index contributed by atoms with van der Waals surface area (Å²) in [5.41, 5.74) is -0.430. The van der Waals surface area contributed by atoms with Crippen molar-refractivity contribution in [1.82, 2.24) is 0 Å². The van der Waals surface area contributed by atoms with Gasteiger partial charge in [0.25, 0.3) is 0 Å². The highest BCUT2D eigenvalue weighted by Crippen LogP contribution is 2.61. The lowest BCUT2D eigenvalue weighted by Crippen LogP contribution is -2.73. The monoisotopic (exact) mass is 558 g/mol. The lowest BCUT2D eigenvalue weighted by atomic mass is 9.98. The van der Waals surface area contributed by atoms with Gasteiger partial charge in [-0.1, -0.05) is 6.58 Å². The topological polar surface area (TPSA) is 60.4 Å². The molecule has 0 fully saturated rings. The van der Waals surface area contributed by atoms with E-state index in [-0.39, 0.29) is 0 Å². The summed E-state index contributed by atoms with van der Waals surface area (Å²) in [4.78, 5) is 11.1. The lowest BCUT2D eigenvalue weighted by Gasteiger charge is -2.39. The van der Waals surface area contributed by atoms with Crippen molar-refractivity contribution in [3.8, 4) is 0 Å². The largest absolute Gasteiger partial charge is 0.467 e. The summed E-state index contributed by atoms with van der Waals surface area (Å²) in [6.45, 7) is -1.16. The van der Waals surface area contributed by atoms with Crippen LogP contribution in [0.4, 0.5) is 61.6 Å². The van der Waals surface area contributed by atoms with Gasteiger partial charge in [0.1, 0.15) is 13.2 Å². The molecule has 0 aliphatic rings. The summed E-state index contributed by atoms with van der Waals surface area (Å²) in [7, 11) is -7.82. The fourth-order valence-electron chi connectivity index (χ4n) is 1.97. The van der Waals surface area contributed by atoms with E-state index in [0.29, 0.717) is 6.92 Å². The molecule has 0 aliphatic heterocycles. The minimum atomic E-state index is -8.42. The number of ether oxygens (including phenoxy) is 1. The molecule has 0 aromatic carbocycles. The zero-order valence-corrected chi connectivity index (χ0v) is 17.4. The third-order valence-electron chi connectivity index (χ3n) is 4.14. The predicted molar refractivity (Wildman–Crippen MR) is 82.3 cm³/mol. The first-order valence-corrected chi connectivity index (χ1v) is 9.68. The highest BCUT2D eigenvalue weighted by atomic mass is 32.2. The molecule has 34 heavy (non-hydrogen) atoms. The molecule has 0 heterocycles. The third kappa shape index (κ3) is 4.53. The van der Waals surface area contributed by atoms with E-state index in [1.54, 1.807) is 0 Å². The highest BCUT2D eigenvalue weighted by Gasteiger charge is 2.94. The van der Waals surface area contributed by atoms with Crippen LogP contribution < -0.4 is 0 Å². The molecule has 0 N–H and O–H groups in total. The second-order valence-corrected chi connectivity index (χ2v) is 8.65. The molecular weight excluding hydrogens is 544 g/mol. The standard InChI is InChI=1S/C14H14F14NO4S/c1-4-29(28,5-6-33-8(30)7(2)3)34(31,32)14(26,27)12(21,22)10(17,18)9(15,16)11(19,20)13(23,24)25/h2,4-6H2,1,3H3/q+1. The lowest BCUT2D eigenvalue weighted by molar-refractivity contribution is -0.950. The SMILES string of the molecule is C=C(C)C(=O)OCC[N+](F)(CC)S(=O)(=O)C(F)(F)C(F)(F)C(F)(F)C(F)(F)C(F)(F)C(F)(F)F. The average Bonchev–Trinajstić information content (AvgIpc) is 2.65. The van der Waals surface area contributed by atoms with Gasteiger partial charge in [-0.05, 0) is 18.0 Å². The molecule has 20 heteroatoms. The molecule has 1 unspecified atom stereocenters. The number of rotatable bonds is 11. The molecule has 0 saturated carbocycles. The Kier molecular flexibility index (Phi) is 8.48. The van der Waals surface area contributed by atoms with Crippen LogP contribution in [0.3, 0.4) is 0 Å². The van der Waals surface area contributed by atoms with Gasteiger partial charge in [-0.15, -0.1) is 0 Å². The van der Waals surface area contributed by atoms with Gasteiger partial charge in [-0.25, -0.2) is 4.79 Å². The summed E-state index contributed by atoms with van der Waals surface area (Å²) in [6.07, 6.45) is -7.69. The molecule has 0 rings (SSSR count). The van der Waals surface area contributed by atoms with Crippen LogP contribution in [0.25, 0.3) is 0 Å². The number of hydrogen-bond acceptors (Lipinski definition) is 4. The Morgan fingerprint density at radius 3 is 1.53 bits per heavy atom. The molecule has 202 valence electrons. The normalized spacial score (nSPS) is 16.7. The van der Waals surface area contributed by atoms with Gasteiger partial charge in [0.2, 0.25) is 0 Å². The van der Waals surface area contributed by atoms with E-state index in [1.807, 2.05) is 0 Å². The Bertz CT molecular complexity index is 899. The molecule has 0 saturated heterocycles. The highest BCUT2D eigenvalue weighted by molar-refractivity contribution is 7.87. The molecule has 0 bridgehead atoms. The Morgan fingerprint density at radius 2 is 1.21 bits per heavy atom. The fraction of sp³-hybridized carbons (Fsp3) is 0.786. The van der Waals surface area contributed by atoms with Crippen LogP contribution in [-0.4, -0.2) is 73.3 Å². The van der Waals surface area contributed by atoms with Crippen molar-refractivity contribution in [3.63, 3.8) is 0 Å². The molecule has 0 amide bonds. The minimum Gasteiger partial charge on any atom is -0.456 e. The van der Waals surface area contributed by atoms with Crippen LogP contribution in [0, 0.1) is 0 Å². The van der Waals surface area contributed by atoms with Gasteiger partial charge in [0, 0.05) is 10.1 Å². The maximum atomic E-state index is 14.6. The molecule has 0 radical (unpaired) electrons. The first-order valence-electron chi connectivity index (χ1n) is 8.24. The number of likely N-dealkylation sites (N-methyl/N-ethyl adjacent to an activating group) is 1. The van der Waals surface area contributed by atoms with E-state index in [9.17, 15) is 74.8 Å². The second kappa shape index (κ2) is 8.98. The van der Waals surface area contributed by atoms with Gasteiger partial charge in [-0.3, -0.25) is 0 Å². The third-order valence-corrected chi connectivity index (χ3v) is 6.34. The molecule has 5 nitrogen and oxygen atoms in total. The van der Waals surface area contributed by atoms with Crippen LogP contribution in [0.2, 0.25) is 0 Å². The van der Waals surface area contributed by atoms with Crippen LogP contribution in [0.5, 0.6) is 0 Å². The number of carbonyl (C=O) groups is 1. The van der Waals surface area contributed by atoms with E-state index in [1.165, 1.54) is 0 Å². The maximum absolute atomic E-state index is 14.6. The van der Waals surface area contributed by atoms with E-state index >= 15 is 0 Å². The zero-order chi connectivity index (χ0) is 28.0. The van der Waals surface area contributed by atoms with Crippen molar-refractivity contribution in [1.29, 1.82) is 0 Å². The summed E-state index contributed by atoms with van der Waals surface area (Å²) >= 11 is 0. The number of esters is 1. The number of quaternary nitrogens is 1. The number of hydrogen-bond donors (Lipinski definition) is 0. The van der Waals surface area contributed by atoms with Crippen LogP contribution in [0.15, 0.2) is 12.2 Å². The van der Waals surface area contributed by atoms with E-state index in [2.05, 4.69) is 11.3 Å². The number of halogens is 14. The van der Waals surface area contributed by atoms with Gasteiger partial charge in [0.05, 0.1) is 0 Å². The Hall–Kier alpha value is -1.86. The maximum Gasteiger partial charge on any atom is 0.467 e. The fourth-order valence-corrected chi connectivity index (χ4v) is 3.49. The Morgan fingerprint density at radius 1 is 0.824 bits per heavy atom. The number of alkyl halides is 13. The molecule has 0 aromatic rings. The van der Waals surface area contributed by atoms with Crippen molar-refractivity contribution in [3.05, 3.63) is 12.2 Å². The molecular formula is C14H14F14NO4S+. The van der Waals surface area contributed by atoms with Crippen LogP contribution >= 0.6 is 0 Å². The van der Waals surface area contributed by atoms with Gasteiger partial charge in [0.15, 0.2) is 6.54 Å². The summed E-state index contributed by atoms with van der Waals surface area (Å²) < 4.78 is 209. The number of sulfonamides is 1. The summed E-state index contributed by atoms with van der Waals surface area (Å²) in [5, 5.41) is -7.71. The van der Waals surface area contributed by atoms with E-state index in [4.69, 9.17) is 0 Å². The van der Waals surface area contributed by atoms with Crippen LogP contribution in [-0.2, 0) is 19.6 Å². The smallest absolute Gasteiger partial charge is 0.456 e. The quantitative estimate of drug-likeness (QED) is 0.158. The molecule has 0 spiro atoms. The molecule has 1 atom stereocenters. The Labute approximate surface area is 181 Å². The Balaban J connectivity index is 6.59. The first kappa shape index (κ1) is 32.1. The van der Waals surface area contributed by atoms with Crippen molar-refractivity contribution < 1.29 is 83.6 Å². The molecule has 0 aliphatic carbocycles. The van der Waals surface area contributed by atoms with Crippen molar-refractivity contribution in [2.75, 3.05) is 19.7 Å².